The molecular formula is C31H41N5O6. The Kier molecular flexibility index (Phi) is 12.3. The molecule has 2 aromatic carbocycles. The van der Waals surface area contributed by atoms with E-state index in [9.17, 15) is 29.1 Å². The number of urea groups is 1. The molecule has 3 rings (SSSR count). The number of aliphatic carboxylic acids is 1. The standard InChI is InChI=1S/C31H41N5O6/c1-3-20(2)26-29(39)33-24(18-21-12-6-4-7-13-21)27(37)32-17-11-10-16-23(28(38)36-26)34-31(42)35-25(30(40)41)19-22-14-8-5-9-15-22/h4-9,12-15,20,23-26H,3,10-11,16-19H2,1-2H3,(H,32,37)(H,33,39)(H,36,38)(H,40,41)(H2,34,35,42)/t20-,23+,24-,25-,26-/m0/s1. The van der Waals surface area contributed by atoms with Gasteiger partial charge in [0.25, 0.3) is 0 Å². The number of hydrogen-bond donors (Lipinski definition) is 6. The van der Waals surface area contributed by atoms with Crippen molar-refractivity contribution >= 4 is 29.7 Å². The van der Waals surface area contributed by atoms with E-state index in [4.69, 9.17) is 0 Å². The smallest absolute Gasteiger partial charge is 0.326 e. The van der Waals surface area contributed by atoms with Crippen LogP contribution in [0, 0.1) is 5.92 Å². The highest BCUT2D eigenvalue weighted by Crippen LogP contribution is 2.12. The number of carbonyl (C=O) groups excluding carboxylic acids is 4. The molecule has 11 nitrogen and oxygen atoms in total. The van der Waals surface area contributed by atoms with Crippen LogP contribution in [-0.4, -0.2) is 65.5 Å². The van der Waals surface area contributed by atoms with E-state index in [2.05, 4.69) is 26.6 Å². The molecule has 0 bridgehead atoms. The largest absolute Gasteiger partial charge is 0.480 e. The van der Waals surface area contributed by atoms with Gasteiger partial charge in [-0.2, -0.15) is 0 Å². The Morgan fingerprint density at radius 1 is 0.905 bits per heavy atom. The van der Waals surface area contributed by atoms with Gasteiger partial charge in [-0.3, -0.25) is 14.4 Å². The van der Waals surface area contributed by atoms with Gasteiger partial charge in [0, 0.05) is 19.4 Å². The second kappa shape index (κ2) is 16.1. The molecule has 42 heavy (non-hydrogen) atoms. The summed E-state index contributed by atoms with van der Waals surface area (Å²) in [5.41, 5.74) is 1.62. The molecule has 0 saturated carbocycles. The van der Waals surface area contributed by atoms with Gasteiger partial charge >= 0.3 is 12.0 Å². The van der Waals surface area contributed by atoms with Crippen molar-refractivity contribution in [1.82, 2.24) is 26.6 Å². The maximum atomic E-state index is 13.5. The Morgan fingerprint density at radius 2 is 1.55 bits per heavy atom. The predicted molar refractivity (Wildman–Crippen MR) is 157 cm³/mol. The molecule has 0 unspecified atom stereocenters. The van der Waals surface area contributed by atoms with Gasteiger partial charge < -0.3 is 31.7 Å². The van der Waals surface area contributed by atoms with Crippen LogP contribution in [0.4, 0.5) is 4.79 Å². The summed E-state index contributed by atoms with van der Waals surface area (Å²) in [6.07, 6.45) is 2.19. The van der Waals surface area contributed by atoms with Gasteiger partial charge in [-0.1, -0.05) is 80.9 Å². The molecule has 0 aliphatic carbocycles. The molecule has 6 N–H and O–H groups in total. The minimum Gasteiger partial charge on any atom is -0.480 e. The Labute approximate surface area is 246 Å². The first kappa shape index (κ1) is 32.1. The van der Waals surface area contributed by atoms with Gasteiger partial charge in [0.1, 0.15) is 24.2 Å². The summed E-state index contributed by atoms with van der Waals surface area (Å²) in [5, 5.41) is 23.2. The molecule has 1 fully saturated rings. The maximum absolute atomic E-state index is 13.5. The van der Waals surface area contributed by atoms with Crippen molar-refractivity contribution in [3.05, 3.63) is 71.8 Å². The molecule has 226 valence electrons. The van der Waals surface area contributed by atoms with Crippen LogP contribution in [0.2, 0.25) is 0 Å². The van der Waals surface area contributed by atoms with Crippen LogP contribution in [0.1, 0.15) is 50.7 Å². The van der Waals surface area contributed by atoms with E-state index in [0.717, 1.165) is 11.1 Å². The molecule has 1 aliphatic heterocycles. The maximum Gasteiger partial charge on any atom is 0.326 e. The third-order valence-corrected chi connectivity index (χ3v) is 7.44. The fourth-order valence-corrected chi connectivity index (χ4v) is 4.76. The van der Waals surface area contributed by atoms with Crippen molar-refractivity contribution in [2.75, 3.05) is 6.54 Å². The molecule has 0 radical (unpaired) electrons. The number of rotatable bonds is 9. The minimum atomic E-state index is -1.21. The van der Waals surface area contributed by atoms with Gasteiger partial charge in [-0.15, -0.1) is 0 Å². The zero-order valence-electron chi connectivity index (χ0n) is 24.1. The van der Waals surface area contributed by atoms with Gasteiger partial charge in [-0.25, -0.2) is 9.59 Å². The lowest BCUT2D eigenvalue weighted by Gasteiger charge is -2.28. The van der Waals surface area contributed by atoms with Crippen LogP contribution in [0.25, 0.3) is 0 Å². The highest BCUT2D eigenvalue weighted by Gasteiger charge is 2.33. The molecular weight excluding hydrogens is 538 g/mol. The van der Waals surface area contributed by atoms with Gasteiger partial charge in [0.05, 0.1) is 0 Å². The van der Waals surface area contributed by atoms with E-state index in [1.54, 1.807) is 24.3 Å². The Morgan fingerprint density at radius 3 is 2.17 bits per heavy atom. The first-order chi connectivity index (χ1) is 20.2. The van der Waals surface area contributed by atoms with E-state index in [-0.39, 0.29) is 31.1 Å². The quantitative estimate of drug-likeness (QED) is 0.266. The van der Waals surface area contributed by atoms with E-state index in [0.29, 0.717) is 25.8 Å². The Hall–Kier alpha value is -4.41. The van der Waals surface area contributed by atoms with Gasteiger partial charge in [0.2, 0.25) is 17.7 Å². The Bertz CT molecular complexity index is 1210. The summed E-state index contributed by atoms with van der Waals surface area (Å²) >= 11 is 0. The van der Waals surface area contributed by atoms with Crippen LogP contribution in [0.3, 0.4) is 0 Å². The zero-order chi connectivity index (χ0) is 30.5. The number of hydrogen-bond acceptors (Lipinski definition) is 5. The second-order valence-corrected chi connectivity index (χ2v) is 10.7. The number of amides is 5. The monoisotopic (exact) mass is 579 g/mol. The summed E-state index contributed by atoms with van der Waals surface area (Å²) in [6.45, 7) is 4.04. The molecule has 0 spiro atoms. The number of nitrogens with one attached hydrogen (secondary N) is 5. The first-order valence-corrected chi connectivity index (χ1v) is 14.4. The number of carbonyl (C=O) groups is 5. The van der Waals surface area contributed by atoms with E-state index in [1.165, 1.54) is 0 Å². The molecule has 11 heteroatoms. The summed E-state index contributed by atoms with van der Waals surface area (Å²) < 4.78 is 0. The van der Waals surface area contributed by atoms with Crippen LogP contribution in [-0.2, 0) is 32.0 Å². The summed E-state index contributed by atoms with van der Waals surface area (Å²) in [5.74, 6) is -2.84. The number of carboxylic acids is 1. The van der Waals surface area contributed by atoms with Crippen molar-refractivity contribution in [3.8, 4) is 0 Å². The molecule has 1 heterocycles. The van der Waals surface area contributed by atoms with Crippen LogP contribution in [0.5, 0.6) is 0 Å². The molecule has 5 amide bonds. The topological polar surface area (TPSA) is 166 Å². The molecule has 1 aliphatic rings. The minimum absolute atomic E-state index is 0.0700. The van der Waals surface area contributed by atoms with Crippen molar-refractivity contribution in [2.45, 2.75) is 76.5 Å². The van der Waals surface area contributed by atoms with E-state index >= 15 is 0 Å². The molecule has 1 saturated heterocycles. The molecule has 2 aromatic rings. The summed E-state index contributed by atoms with van der Waals surface area (Å²) in [6, 6.07) is 13.4. The fraction of sp³-hybridized carbons (Fsp3) is 0.452. The lowest BCUT2D eigenvalue weighted by Crippen LogP contribution is -2.59. The highest BCUT2D eigenvalue weighted by atomic mass is 16.4. The van der Waals surface area contributed by atoms with Crippen LogP contribution < -0.4 is 26.6 Å². The van der Waals surface area contributed by atoms with Crippen molar-refractivity contribution in [3.63, 3.8) is 0 Å². The third-order valence-electron chi connectivity index (χ3n) is 7.44. The van der Waals surface area contributed by atoms with Gasteiger partial charge in [0.15, 0.2) is 0 Å². The van der Waals surface area contributed by atoms with Crippen molar-refractivity contribution < 1.29 is 29.1 Å². The predicted octanol–water partition coefficient (Wildman–Crippen LogP) is 1.91. The summed E-state index contributed by atoms with van der Waals surface area (Å²) in [7, 11) is 0. The third kappa shape index (κ3) is 9.90. The normalized spacial score (nSPS) is 21.6. The first-order valence-electron chi connectivity index (χ1n) is 14.4. The van der Waals surface area contributed by atoms with Crippen LogP contribution in [0.15, 0.2) is 60.7 Å². The lowest BCUT2D eigenvalue weighted by molar-refractivity contribution is -0.139. The SMILES string of the molecule is CC[C@H](C)[C@@H]1NC(=O)[C@H](NC(=O)N[C@@H](Cc2ccccc2)C(=O)O)CCCCNC(=O)[C@H](Cc2ccccc2)NC1=O. The van der Waals surface area contributed by atoms with E-state index < -0.39 is 48.0 Å². The highest BCUT2D eigenvalue weighted by molar-refractivity contribution is 5.94. The number of carboxylic acid groups (broad SMARTS) is 1. The average Bonchev–Trinajstić information content (AvgIpc) is 2.99. The second-order valence-electron chi connectivity index (χ2n) is 10.7. The van der Waals surface area contributed by atoms with Gasteiger partial charge in [-0.05, 0) is 36.3 Å². The number of benzene rings is 2. The van der Waals surface area contributed by atoms with Crippen LogP contribution >= 0.6 is 0 Å². The van der Waals surface area contributed by atoms with E-state index in [1.807, 2.05) is 50.2 Å². The van der Waals surface area contributed by atoms with Crippen molar-refractivity contribution in [1.29, 1.82) is 0 Å². The summed E-state index contributed by atoms with van der Waals surface area (Å²) in [4.78, 5) is 64.7. The average molecular weight is 580 g/mol. The Balaban J connectivity index is 1.75. The van der Waals surface area contributed by atoms with Crippen molar-refractivity contribution in [2.24, 2.45) is 5.92 Å². The zero-order valence-corrected chi connectivity index (χ0v) is 24.1. The molecule has 0 aromatic heterocycles. The molecule has 5 atom stereocenters. The lowest BCUT2D eigenvalue weighted by atomic mass is 9.96. The fourth-order valence-electron chi connectivity index (χ4n) is 4.76.